The second kappa shape index (κ2) is 6.86. The molecule has 0 fully saturated rings. The molecule has 0 aliphatic rings. The van der Waals surface area contributed by atoms with E-state index in [-0.39, 0.29) is 28.8 Å². The highest BCUT2D eigenvalue weighted by atomic mass is 19.1. The van der Waals surface area contributed by atoms with Crippen LogP contribution in [-0.2, 0) is 12.0 Å². The van der Waals surface area contributed by atoms with Crippen LogP contribution in [0.1, 0.15) is 55.9 Å². The van der Waals surface area contributed by atoms with Crippen LogP contribution in [0.25, 0.3) is 21.8 Å². The molecule has 0 saturated heterocycles. The van der Waals surface area contributed by atoms with E-state index in [1.165, 1.54) is 10.7 Å². The molecule has 2 aromatic heterocycles. The van der Waals surface area contributed by atoms with Crippen LogP contribution in [0.5, 0.6) is 0 Å². The molecule has 1 unspecified atom stereocenters. The van der Waals surface area contributed by atoms with Gasteiger partial charge in [-0.3, -0.25) is 9.78 Å². The standard InChI is InChI=1S/C23H25F3N4/c1-11-7-8-15-17(21(25)28-27-15)16(11)13(3)10-30-20-14(24)9-12(2)19(23(4,5)6)18(20)22(26)29-30/h7-9,13H,10H2,1-6H3,(H,27,28). The average Bonchev–Trinajstić information content (AvgIpc) is 3.14. The molecule has 0 amide bonds. The minimum atomic E-state index is -0.686. The first kappa shape index (κ1) is 20.4. The van der Waals surface area contributed by atoms with E-state index in [0.717, 1.165) is 16.7 Å². The molecule has 4 aromatic rings. The number of H-pyrrole nitrogens is 1. The van der Waals surface area contributed by atoms with Gasteiger partial charge < -0.3 is 0 Å². The highest BCUT2D eigenvalue weighted by Gasteiger charge is 2.28. The number of hydrogen-bond acceptors (Lipinski definition) is 2. The summed E-state index contributed by atoms with van der Waals surface area (Å²) in [4.78, 5) is 0. The number of hydrogen-bond donors (Lipinski definition) is 1. The van der Waals surface area contributed by atoms with Crippen LogP contribution in [0.2, 0.25) is 0 Å². The van der Waals surface area contributed by atoms with Gasteiger partial charge in [-0.15, -0.1) is 5.10 Å². The van der Waals surface area contributed by atoms with Crippen LogP contribution in [-0.4, -0.2) is 20.0 Å². The van der Waals surface area contributed by atoms with Gasteiger partial charge in [0.15, 0.2) is 0 Å². The molecule has 30 heavy (non-hydrogen) atoms. The predicted octanol–water partition coefficient (Wildman–Crippen LogP) is 6.05. The summed E-state index contributed by atoms with van der Waals surface area (Å²) in [5.74, 6) is -1.95. The highest BCUT2D eigenvalue weighted by molar-refractivity contribution is 5.86. The highest BCUT2D eigenvalue weighted by Crippen LogP contribution is 2.37. The number of nitrogens with zero attached hydrogens (tertiary/aromatic N) is 3. The zero-order valence-electron chi connectivity index (χ0n) is 18.0. The number of aromatic nitrogens is 4. The molecule has 2 heterocycles. The van der Waals surface area contributed by atoms with E-state index in [2.05, 4.69) is 15.3 Å². The summed E-state index contributed by atoms with van der Waals surface area (Å²) in [6, 6.07) is 5.06. The first-order valence-electron chi connectivity index (χ1n) is 9.99. The molecule has 2 aromatic carbocycles. The molecule has 0 saturated carbocycles. The third-order valence-electron chi connectivity index (χ3n) is 5.75. The van der Waals surface area contributed by atoms with Crippen LogP contribution in [0, 0.1) is 31.6 Å². The van der Waals surface area contributed by atoms with E-state index < -0.39 is 17.7 Å². The first-order valence-corrected chi connectivity index (χ1v) is 9.99. The van der Waals surface area contributed by atoms with Crippen LogP contribution in [0.4, 0.5) is 13.2 Å². The van der Waals surface area contributed by atoms with E-state index in [4.69, 9.17) is 0 Å². The summed E-state index contributed by atoms with van der Waals surface area (Å²) in [7, 11) is 0. The summed E-state index contributed by atoms with van der Waals surface area (Å²) in [6.07, 6.45) is 0. The van der Waals surface area contributed by atoms with Gasteiger partial charge in [0.25, 0.3) is 0 Å². The fraction of sp³-hybridized carbons (Fsp3) is 0.391. The van der Waals surface area contributed by atoms with Crippen molar-refractivity contribution in [2.45, 2.75) is 59.4 Å². The maximum Gasteiger partial charge on any atom is 0.240 e. The smallest absolute Gasteiger partial charge is 0.240 e. The van der Waals surface area contributed by atoms with Crippen molar-refractivity contribution >= 4 is 21.8 Å². The maximum atomic E-state index is 15.0. The van der Waals surface area contributed by atoms with E-state index >= 15 is 0 Å². The van der Waals surface area contributed by atoms with E-state index in [1.54, 1.807) is 13.0 Å². The normalized spacial score (nSPS) is 13.5. The molecule has 0 aliphatic heterocycles. The molecule has 0 spiro atoms. The van der Waals surface area contributed by atoms with Crippen molar-refractivity contribution < 1.29 is 13.2 Å². The Balaban J connectivity index is 1.89. The van der Waals surface area contributed by atoms with Gasteiger partial charge in [-0.2, -0.15) is 13.9 Å². The lowest BCUT2D eigenvalue weighted by molar-refractivity contribution is 0.497. The molecule has 158 valence electrons. The van der Waals surface area contributed by atoms with Gasteiger partial charge >= 0.3 is 0 Å². The maximum absolute atomic E-state index is 15.0. The third kappa shape index (κ3) is 3.07. The van der Waals surface area contributed by atoms with Crippen LogP contribution in [0.15, 0.2) is 18.2 Å². The van der Waals surface area contributed by atoms with E-state index in [0.29, 0.717) is 16.5 Å². The number of benzene rings is 2. The predicted molar refractivity (Wildman–Crippen MR) is 112 cm³/mol. The molecule has 1 N–H and O–H groups in total. The van der Waals surface area contributed by atoms with Crippen molar-refractivity contribution in [2.75, 3.05) is 0 Å². The number of rotatable bonds is 3. The summed E-state index contributed by atoms with van der Waals surface area (Å²) >= 11 is 0. The molecule has 0 bridgehead atoms. The van der Waals surface area contributed by atoms with E-state index in [1.807, 2.05) is 40.7 Å². The Kier molecular flexibility index (Phi) is 4.67. The van der Waals surface area contributed by atoms with Crippen molar-refractivity contribution in [3.8, 4) is 0 Å². The molecule has 7 heteroatoms. The van der Waals surface area contributed by atoms with Gasteiger partial charge in [-0.25, -0.2) is 4.39 Å². The quantitative estimate of drug-likeness (QED) is 0.444. The first-order chi connectivity index (χ1) is 14.0. The van der Waals surface area contributed by atoms with Crippen molar-refractivity contribution in [3.63, 3.8) is 0 Å². The van der Waals surface area contributed by atoms with Crippen molar-refractivity contribution in [3.05, 3.63) is 58.2 Å². The number of nitrogens with one attached hydrogen (secondary N) is 1. The van der Waals surface area contributed by atoms with Gasteiger partial charge in [0.1, 0.15) is 11.3 Å². The minimum absolute atomic E-state index is 0.146. The number of halogens is 3. The summed E-state index contributed by atoms with van der Waals surface area (Å²) < 4.78 is 45.7. The largest absolute Gasteiger partial charge is 0.258 e. The molecular formula is C23H25F3N4. The zero-order valence-corrected chi connectivity index (χ0v) is 18.0. The SMILES string of the molecule is Cc1ccc2n[nH]c(F)c2c1C(C)Cn1nc(F)c2c(C(C)(C)C)c(C)cc(F)c21. The number of aromatic amines is 1. The summed E-state index contributed by atoms with van der Waals surface area (Å²) in [5.41, 5.74) is 3.37. The van der Waals surface area contributed by atoms with Crippen LogP contribution < -0.4 is 0 Å². The minimum Gasteiger partial charge on any atom is -0.258 e. The van der Waals surface area contributed by atoms with Crippen molar-refractivity contribution in [2.24, 2.45) is 0 Å². The van der Waals surface area contributed by atoms with Gasteiger partial charge in [-0.1, -0.05) is 33.8 Å². The fourth-order valence-electron chi connectivity index (χ4n) is 4.71. The van der Waals surface area contributed by atoms with Gasteiger partial charge in [-0.05, 0) is 53.6 Å². The molecule has 0 radical (unpaired) electrons. The van der Waals surface area contributed by atoms with E-state index in [9.17, 15) is 13.2 Å². The van der Waals surface area contributed by atoms with Gasteiger partial charge in [0.2, 0.25) is 11.9 Å². The number of fused-ring (bicyclic) bond motifs is 2. The summed E-state index contributed by atoms with van der Waals surface area (Å²) in [5, 5.41) is 11.0. The topological polar surface area (TPSA) is 46.5 Å². The number of aryl methyl sites for hydroxylation is 2. The molecule has 0 aliphatic carbocycles. The molecule has 1 atom stereocenters. The lowest BCUT2D eigenvalue weighted by Crippen LogP contribution is -2.15. The Morgan fingerprint density at radius 3 is 2.43 bits per heavy atom. The Morgan fingerprint density at radius 1 is 1.07 bits per heavy atom. The Bertz CT molecular complexity index is 1280. The summed E-state index contributed by atoms with van der Waals surface area (Å²) in [6.45, 7) is 11.7. The fourth-order valence-corrected chi connectivity index (χ4v) is 4.71. The average molecular weight is 414 g/mol. The molecule has 4 nitrogen and oxygen atoms in total. The second-order valence-corrected chi connectivity index (χ2v) is 9.13. The second-order valence-electron chi connectivity index (χ2n) is 9.13. The van der Waals surface area contributed by atoms with Gasteiger partial charge in [0.05, 0.1) is 16.3 Å². The Morgan fingerprint density at radius 2 is 1.77 bits per heavy atom. The lowest BCUT2D eigenvalue weighted by Gasteiger charge is -2.23. The third-order valence-corrected chi connectivity index (χ3v) is 5.75. The Labute approximate surface area is 173 Å². The molecular weight excluding hydrogens is 389 g/mol. The Hall–Kier alpha value is -2.83. The molecule has 4 rings (SSSR count). The van der Waals surface area contributed by atoms with Gasteiger partial charge in [0, 0.05) is 12.5 Å². The zero-order chi connectivity index (χ0) is 22.0. The van der Waals surface area contributed by atoms with Crippen molar-refractivity contribution in [1.82, 2.24) is 20.0 Å². The van der Waals surface area contributed by atoms with Crippen LogP contribution >= 0.6 is 0 Å². The van der Waals surface area contributed by atoms with Crippen molar-refractivity contribution in [1.29, 1.82) is 0 Å². The lowest BCUT2D eigenvalue weighted by atomic mass is 9.82. The monoisotopic (exact) mass is 414 g/mol. The van der Waals surface area contributed by atoms with Crippen LogP contribution in [0.3, 0.4) is 0 Å².